The van der Waals surface area contributed by atoms with Crippen molar-refractivity contribution in [1.29, 1.82) is 0 Å². The van der Waals surface area contributed by atoms with Crippen molar-refractivity contribution in [1.82, 2.24) is 0 Å². The topological polar surface area (TPSA) is 152 Å². The standard InChI is InChI=1S/2C15H14O5.Na/c2*1-19-14-10(8-11(16)13(18)15(14)20-2)12(17)9-6-4-3-5-7-9;/h2*3-8,16,18H,1-2H3;. The van der Waals surface area contributed by atoms with E-state index in [1.54, 1.807) is 60.7 Å². The molecular weight excluding hydrogens is 543 g/mol. The zero-order valence-electron chi connectivity index (χ0n) is 23.2. The maximum Gasteiger partial charge on any atom is 0.207 e. The van der Waals surface area contributed by atoms with Crippen molar-refractivity contribution in [3.63, 3.8) is 0 Å². The van der Waals surface area contributed by atoms with Gasteiger partial charge in [-0.05, 0) is 12.1 Å². The Morgan fingerprint density at radius 2 is 0.805 bits per heavy atom. The molecule has 0 spiro atoms. The van der Waals surface area contributed by atoms with E-state index in [1.807, 2.05) is 0 Å². The van der Waals surface area contributed by atoms with Gasteiger partial charge in [0.15, 0.2) is 34.6 Å². The van der Waals surface area contributed by atoms with E-state index >= 15 is 0 Å². The van der Waals surface area contributed by atoms with Crippen molar-refractivity contribution >= 4 is 41.1 Å². The van der Waals surface area contributed by atoms with Crippen LogP contribution in [-0.2, 0) is 0 Å². The summed E-state index contributed by atoms with van der Waals surface area (Å²) >= 11 is 0. The predicted molar refractivity (Wildman–Crippen MR) is 151 cm³/mol. The fourth-order valence-corrected chi connectivity index (χ4v) is 3.85. The zero-order valence-corrected chi connectivity index (χ0v) is 25.2. The molecule has 10 nitrogen and oxygen atoms in total. The van der Waals surface area contributed by atoms with Gasteiger partial charge in [0.05, 0.1) is 39.6 Å². The van der Waals surface area contributed by atoms with Crippen LogP contribution in [0.1, 0.15) is 31.8 Å². The first-order valence-electron chi connectivity index (χ1n) is 11.7. The van der Waals surface area contributed by atoms with Gasteiger partial charge in [0, 0.05) is 40.7 Å². The van der Waals surface area contributed by atoms with E-state index in [4.69, 9.17) is 18.9 Å². The summed E-state index contributed by atoms with van der Waals surface area (Å²) in [6.07, 6.45) is 0. The van der Waals surface area contributed by atoms with Gasteiger partial charge >= 0.3 is 0 Å². The van der Waals surface area contributed by atoms with Crippen LogP contribution in [-0.4, -0.2) is 90.0 Å². The number of carbonyl (C=O) groups excluding carboxylic acids is 2. The van der Waals surface area contributed by atoms with Crippen LogP contribution in [0.25, 0.3) is 0 Å². The van der Waals surface area contributed by atoms with E-state index in [9.17, 15) is 30.0 Å². The van der Waals surface area contributed by atoms with Crippen LogP contribution in [0.15, 0.2) is 72.8 Å². The van der Waals surface area contributed by atoms with Gasteiger partial charge < -0.3 is 39.4 Å². The van der Waals surface area contributed by atoms with Crippen LogP contribution in [0, 0.1) is 0 Å². The Bertz CT molecular complexity index is 1390. The van der Waals surface area contributed by atoms with Crippen molar-refractivity contribution in [2.24, 2.45) is 0 Å². The molecule has 4 aromatic carbocycles. The van der Waals surface area contributed by atoms with Crippen molar-refractivity contribution < 1.29 is 49.0 Å². The Balaban J connectivity index is 0.000000280. The first-order valence-corrected chi connectivity index (χ1v) is 11.7. The van der Waals surface area contributed by atoms with Crippen molar-refractivity contribution in [3.8, 4) is 46.0 Å². The SMILES string of the molecule is COc1c(C(=O)c2ccccc2)cc(O)c(O)c1OC.COc1c(C(=O)c2ccccc2)cc(O)c(O)c1OC.[Na]. The number of hydrogen-bond acceptors (Lipinski definition) is 10. The maximum absolute atomic E-state index is 12.4. The number of ether oxygens (including phenoxy) is 4. The van der Waals surface area contributed by atoms with Crippen LogP contribution < -0.4 is 18.9 Å². The molecule has 0 saturated heterocycles. The van der Waals surface area contributed by atoms with E-state index in [2.05, 4.69) is 0 Å². The summed E-state index contributed by atoms with van der Waals surface area (Å²) in [7, 11) is 5.34. The minimum atomic E-state index is -0.464. The summed E-state index contributed by atoms with van der Waals surface area (Å²) < 4.78 is 20.2. The number of aromatic hydroxyl groups is 4. The average Bonchev–Trinajstić information content (AvgIpc) is 2.99. The Morgan fingerprint density at radius 1 is 0.512 bits per heavy atom. The molecule has 41 heavy (non-hydrogen) atoms. The second kappa shape index (κ2) is 14.8. The molecule has 0 aliphatic rings. The van der Waals surface area contributed by atoms with E-state index in [0.29, 0.717) is 11.1 Å². The second-order valence-corrected chi connectivity index (χ2v) is 8.11. The molecule has 0 bridgehead atoms. The third-order valence-corrected chi connectivity index (χ3v) is 5.76. The number of benzene rings is 4. The number of phenols is 4. The van der Waals surface area contributed by atoms with Crippen molar-refractivity contribution in [3.05, 3.63) is 95.1 Å². The Morgan fingerprint density at radius 3 is 1.07 bits per heavy atom. The van der Waals surface area contributed by atoms with Gasteiger partial charge in [0.2, 0.25) is 23.0 Å². The normalized spacial score (nSPS) is 9.85. The van der Waals surface area contributed by atoms with Gasteiger partial charge in [-0.2, -0.15) is 0 Å². The molecule has 0 aromatic heterocycles. The van der Waals surface area contributed by atoms with Crippen LogP contribution >= 0.6 is 0 Å². The Hall–Kier alpha value is -4.38. The largest absolute Gasteiger partial charge is 0.504 e. The number of ketones is 2. The summed E-state index contributed by atoms with van der Waals surface area (Å²) in [5.74, 6) is -2.48. The summed E-state index contributed by atoms with van der Waals surface area (Å²) in [6.45, 7) is 0. The predicted octanol–water partition coefficient (Wildman–Crippen LogP) is 4.31. The van der Waals surface area contributed by atoms with E-state index in [0.717, 1.165) is 12.1 Å². The molecule has 4 rings (SSSR count). The Labute approximate surface area is 258 Å². The molecule has 0 amide bonds. The van der Waals surface area contributed by atoms with Gasteiger partial charge in [0.25, 0.3) is 0 Å². The summed E-state index contributed by atoms with van der Waals surface area (Å²) in [5, 5.41) is 38.8. The molecule has 0 atom stereocenters. The number of rotatable bonds is 8. The quantitative estimate of drug-likeness (QED) is 0.137. The summed E-state index contributed by atoms with van der Waals surface area (Å²) in [4.78, 5) is 24.9. The van der Waals surface area contributed by atoms with Gasteiger partial charge in [-0.1, -0.05) is 60.7 Å². The molecule has 0 fully saturated rings. The van der Waals surface area contributed by atoms with Crippen molar-refractivity contribution in [2.45, 2.75) is 0 Å². The molecule has 1 radical (unpaired) electrons. The van der Waals surface area contributed by atoms with Crippen LogP contribution in [0.4, 0.5) is 0 Å². The van der Waals surface area contributed by atoms with E-state index in [1.165, 1.54) is 28.4 Å². The molecule has 4 aromatic rings. The molecule has 0 unspecified atom stereocenters. The fraction of sp³-hybridized carbons (Fsp3) is 0.133. The number of methoxy groups -OCH3 is 4. The smallest absolute Gasteiger partial charge is 0.207 e. The maximum atomic E-state index is 12.4. The van der Waals surface area contributed by atoms with Gasteiger partial charge in [-0.25, -0.2) is 0 Å². The van der Waals surface area contributed by atoms with Gasteiger partial charge in [-0.15, -0.1) is 0 Å². The van der Waals surface area contributed by atoms with Crippen LogP contribution in [0.5, 0.6) is 46.0 Å². The molecule has 0 saturated carbocycles. The third kappa shape index (κ3) is 7.04. The van der Waals surface area contributed by atoms with Crippen LogP contribution in [0.2, 0.25) is 0 Å². The van der Waals surface area contributed by atoms with Crippen LogP contribution in [0.3, 0.4) is 0 Å². The molecule has 11 heteroatoms. The molecule has 209 valence electrons. The molecule has 4 N–H and O–H groups in total. The molecule has 0 heterocycles. The van der Waals surface area contributed by atoms with Gasteiger partial charge in [0.1, 0.15) is 0 Å². The van der Waals surface area contributed by atoms with Gasteiger partial charge in [-0.3, -0.25) is 9.59 Å². The average molecular weight is 572 g/mol. The number of phenolic OH excluding ortho intramolecular Hbond substituents is 4. The summed E-state index contributed by atoms with van der Waals surface area (Å²) in [6, 6.07) is 19.4. The monoisotopic (exact) mass is 571 g/mol. The number of hydrogen-bond donors (Lipinski definition) is 4. The first kappa shape index (κ1) is 32.8. The van der Waals surface area contributed by atoms with E-state index < -0.39 is 23.0 Å². The van der Waals surface area contributed by atoms with E-state index in [-0.39, 0.29) is 75.2 Å². The molecular formula is C30H28NaO10. The molecule has 0 aliphatic heterocycles. The van der Waals surface area contributed by atoms with Crippen molar-refractivity contribution in [2.75, 3.05) is 28.4 Å². The Kier molecular flexibility index (Phi) is 11.9. The summed E-state index contributed by atoms with van der Waals surface area (Å²) in [5.41, 5.74) is 1.12. The zero-order chi connectivity index (χ0) is 29.4. The second-order valence-electron chi connectivity index (χ2n) is 8.11. The fourth-order valence-electron chi connectivity index (χ4n) is 3.85. The number of carbonyl (C=O) groups is 2. The minimum Gasteiger partial charge on any atom is -0.504 e. The molecule has 0 aliphatic carbocycles. The third-order valence-electron chi connectivity index (χ3n) is 5.76. The minimum absolute atomic E-state index is 0. The first-order chi connectivity index (χ1) is 19.2.